The number of unbranched alkanes of at least 4 members (excludes halogenated alkanes) is 1. The van der Waals surface area contributed by atoms with E-state index in [9.17, 15) is 0 Å². The Labute approximate surface area is 139 Å². The van der Waals surface area contributed by atoms with Gasteiger partial charge in [0.2, 0.25) is 0 Å². The van der Waals surface area contributed by atoms with Gasteiger partial charge in [-0.1, -0.05) is 94.2 Å². The van der Waals surface area contributed by atoms with Crippen molar-refractivity contribution < 1.29 is 0 Å². The van der Waals surface area contributed by atoms with E-state index in [1.165, 1.54) is 28.7 Å². The molecule has 0 aromatic rings. The van der Waals surface area contributed by atoms with Crippen molar-refractivity contribution in [3.63, 3.8) is 0 Å². The molecule has 0 radical (unpaired) electrons. The van der Waals surface area contributed by atoms with E-state index in [0.717, 1.165) is 12.8 Å². The summed E-state index contributed by atoms with van der Waals surface area (Å²) >= 11 is 0. The fourth-order valence-corrected chi connectivity index (χ4v) is 2.28. The lowest BCUT2D eigenvalue weighted by molar-refractivity contribution is 0.510. The SMILES string of the molecule is CCC/C=C(C)/C=C/C=C(C)/C=C/C(=C(\C)CC)C(C)(C)C. The van der Waals surface area contributed by atoms with E-state index in [1.807, 2.05) is 0 Å². The van der Waals surface area contributed by atoms with Gasteiger partial charge in [-0.25, -0.2) is 0 Å². The Balaban J connectivity index is 4.99. The van der Waals surface area contributed by atoms with E-state index in [0.29, 0.717) is 0 Å². The van der Waals surface area contributed by atoms with Gasteiger partial charge >= 0.3 is 0 Å². The first kappa shape index (κ1) is 20.7. The zero-order valence-corrected chi connectivity index (χ0v) is 16.1. The summed E-state index contributed by atoms with van der Waals surface area (Å²) in [6.45, 7) is 17.9. The second-order valence-corrected chi connectivity index (χ2v) is 7.14. The van der Waals surface area contributed by atoms with E-state index in [4.69, 9.17) is 0 Å². The van der Waals surface area contributed by atoms with E-state index in [-0.39, 0.29) is 5.41 Å². The summed E-state index contributed by atoms with van der Waals surface area (Å²) in [6, 6.07) is 0. The molecule has 0 aliphatic rings. The smallest absolute Gasteiger partial charge is 0.0132 e. The van der Waals surface area contributed by atoms with Crippen molar-refractivity contribution in [1.82, 2.24) is 0 Å². The van der Waals surface area contributed by atoms with Crippen molar-refractivity contribution in [3.05, 3.63) is 58.7 Å². The molecule has 0 aromatic heterocycles. The third-order valence-corrected chi connectivity index (χ3v) is 3.78. The van der Waals surface area contributed by atoms with Crippen molar-refractivity contribution in [3.8, 4) is 0 Å². The van der Waals surface area contributed by atoms with Crippen LogP contribution in [-0.2, 0) is 0 Å². The van der Waals surface area contributed by atoms with Crippen LogP contribution in [0.15, 0.2) is 58.7 Å². The molecule has 0 saturated carbocycles. The van der Waals surface area contributed by atoms with Gasteiger partial charge in [0.1, 0.15) is 0 Å². The largest absolute Gasteiger partial charge is 0.0816 e. The molecule has 0 nitrogen and oxygen atoms in total. The third-order valence-electron chi connectivity index (χ3n) is 3.78. The lowest BCUT2D eigenvalue weighted by atomic mass is 9.82. The minimum atomic E-state index is 0.201. The Hall–Kier alpha value is -1.30. The molecule has 0 unspecified atom stereocenters. The van der Waals surface area contributed by atoms with Crippen LogP contribution in [0.4, 0.5) is 0 Å². The highest BCUT2D eigenvalue weighted by Gasteiger charge is 2.16. The molecule has 0 fully saturated rings. The van der Waals surface area contributed by atoms with Crippen molar-refractivity contribution in [2.45, 2.75) is 74.7 Å². The summed E-state index contributed by atoms with van der Waals surface area (Å²) in [7, 11) is 0. The van der Waals surface area contributed by atoms with Gasteiger partial charge in [0, 0.05) is 0 Å². The van der Waals surface area contributed by atoms with Crippen LogP contribution < -0.4 is 0 Å². The minimum absolute atomic E-state index is 0.201. The van der Waals surface area contributed by atoms with Crippen LogP contribution >= 0.6 is 0 Å². The van der Waals surface area contributed by atoms with Crippen molar-refractivity contribution in [2.24, 2.45) is 5.41 Å². The van der Waals surface area contributed by atoms with Crippen LogP contribution in [0.1, 0.15) is 74.7 Å². The third kappa shape index (κ3) is 8.87. The minimum Gasteiger partial charge on any atom is -0.0816 e. The molecule has 0 N–H and O–H groups in total. The Morgan fingerprint density at radius 2 is 1.50 bits per heavy atom. The summed E-state index contributed by atoms with van der Waals surface area (Å²) in [4.78, 5) is 0. The Kier molecular flexibility index (Phi) is 9.81. The maximum atomic E-state index is 2.29. The van der Waals surface area contributed by atoms with E-state index >= 15 is 0 Å². The fourth-order valence-electron chi connectivity index (χ4n) is 2.28. The zero-order valence-electron chi connectivity index (χ0n) is 16.1. The monoisotopic (exact) mass is 300 g/mol. The van der Waals surface area contributed by atoms with Crippen LogP contribution in [0.3, 0.4) is 0 Å². The first-order valence-corrected chi connectivity index (χ1v) is 8.62. The average Bonchev–Trinajstić information content (AvgIpc) is 2.43. The van der Waals surface area contributed by atoms with Crippen LogP contribution in [0.5, 0.6) is 0 Å². The normalized spacial score (nSPS) is 15.8. The van der Waals surface area contributed by atoms with E-state index < -0.39 is 0 Å². The van der Waals surface area contributed by atoms with Gasteiger partial charge in [-0.05, 0) is 44.6 Å². The zero-order chi connectivity index (χ0) is 17.2. The van der Waals surface area contributed by atoms with Crippen LogP contribution in [-0.4, -0.2) is 0 Å². The summed E-state index contributed by atoms with van der Waals surface area (Å²) < 4.78 is 0. The predicted octanol–water partition coefficient (Wildman–Crippen LogP) is 7.56. The Bertz CT molecular complexity index is 471. The lowest BCUT2D eigenvalue weighted by Gasteiger charge is -2.23. The van der Waals surface area contributed by atoms with Gasteiger partial charge < -0.3 is 0 Å². The summed E-state index contributed by atoms with van der Waals surface area (Å²) in [5, 5.41) is 0. The first-order valence-electron chi connectivity index (χ1n) is 8.62. The molecule has 0 heteroatoms. The molecular weight excluding hydrogens is 264 g/mol. The van der Waals surface area contributed by atoms with E-state index in [1.54, 1.807) is 0 Å². The van der Waals surface area contributed by atoms with Crippen molar-refractivity contribution in [2.75, 3.05) is 0 Å². The fraction of sp³-hybridized carbons (Fsp3) is 0.545. The molecule has 0 aliphatic carbocycles. The highest BCUT2D eigenvalue weighted by atomic mass is 14.2. The molecule has 0 bridgehead atoms. The Morgan fingerprint density at radius 3 is 2.00 bits per heavy atom. The summed E-state index contributed by atoms with van der Waals surface area (Å²) in [5.74, 6) is 0. The first-order chi connectivity index (χ1) is 10.2. The number of allylic oxidation sites excluding steroid dienone is 10. The molecular formula is C22H36. The second kappa shape index (κ2) is 10.4. The highest BCUT2D eigenvalue weighted by Crippen LogP contribution is 2.30. The second-order valence-electron chi connectivity index (χ2n) is 7.14. The van der Waals surface area contributed by atoms with Crippen LogP contribution in [0.2, 0.25) is 0 Å². The molecule has 0 spiro atoms. The predicted molar refractivity (Wildman–Crippen MR) is 103 cm³/mol. The van der Waals surface area contributed by atoms with Crippen LogP contribution in [0, 0.1) is 5.41 Å². The summed E-state index contributed by atoms with van der Waals surface area (Å²) in [6.07, 6.45) is 16.8. The molecule has 0 aromatic carbocycles. The van der Waals surface area contributed by atoms with E-state index in [2.05, 4.69) is 91.8 Å². The Morgan fingerprint density at radius 1 is 0.864 bits per heavy atom. The van der Waals surface area contributed by atoms with Gasteiger partial charge in [0.05, 0.1) is 0 Å². The van der Waals surface area contributed by atoms with Gasteiger partial charge in [-0.3, -0.25) is 0 Å². The standard InChI is InChI=1S/C22H36/c1-9-11-13-18(3)14-12-15-19(4)16-17-21(20(5)10-2)22(6,7)8/h12-17H,9-11H2,1-8H3/b14-12+,17-16+,18-13+,19-15+,21-20-. The molecule has 0 saturated heterocycles. The molecule has 124 valence electrons. The number of hydrogen-bond acceptors (Lipinski definition) is 0. The molecule has 0 amide bonds. The van der Waals surface area contributed by atoms with Crippen LogP contribution in [0.25, 0.3) is 0 Å². The quantitative estimate of drug-likeness (QED) is 0.425. The van der Waals surface area contributed by atoms with Gasteiger partial charge in [0.15, 0.2) is 0 Å². The van der Waals surface area contributed by atoms with Gasteiger partial charge in [0.25, 0.3) is 0 Å². The molecule has 0 atom stereocenters. The molecule has 0 aliphatic heterocycles. The van der Waals surface area contributed by atoms with Gasteiger partial charge in [-0.2, -0.15) is 0 Å². The topological polar surface area (TPSA) is 0 Å². The lowest BCUT2D eigenvalue weighted by Crippen LogP contribution is -2.09. The molecule has 0 heterocycles. The average molecular weight is 301 g/mol. The number of hydrogen-bond donors (Lipinski definition) is 0. The summed E-state index contributed by atoms with van der Waals surface area (Å²) in [5.41, 5.74) is 5.75. The maximum absolute atomic E-state index is 2.29. The van der Waals surface area contributed by atoms with Crippen molar-refractivity contribution >= 4 is 0 Å². The number of rotatable bonds is 7. The highest BCUT2D eigenvalue weighted by molar-refractivity contribution is 5.35. The molecule has 22 heavy (non-hydrogen) atoms. The molecule has 0 rings (SSSR count). The van der Waals surface area contributed by atoms with Crippen molar-refractivity contribution in [1.29, 1.82) is 0 Å². The van der Waals surface area contributed by atoms with Gasteiger partial charge in [-0.15, -0.1) is 0 Å². The maximum Gasteiger partial charge on any atom is -0.0132 e.